The van der Waals surface area contributed by atoms with E-state index in [1.807, 2.05) is 12.1 Å². The highest BCUT2D eigenvalue weighted by Gasteiger charge is 2.19. The molecule has 0 bridgehead atoms. The third kappa shape index (κ3) is 2.20. The Morgan fingerprint density at radius 2 is 2.12 bits per heavy atom. The first-order valence-corrected chi connectivity index (χ1v) is 5.14. The van der Waals surface area contributed by atoms with Crippen LogP contribution < -0.4 is 5.32 Å². The Bertz CT molecular complexity index is 404. The SMILES string of the molecule is COC(=O)c1ccc(C)c2c1CCNC2.Cl. The van der Waals surface area contributed by atoms with Crippen LogP contribution in [0.1, 0.15) is 27.0 Å². The van der Waals surface area contributed by atoms with Crippen molar-refractivity contribution in [3.8, 4) is 0 Å². The number of benzene rings is 1. The number of nitrogens with one attached hydrogen (secondary N) is 1. The molecule has 88 valence electrons. The Balaban J connectivity index is 0.00000128. The van der Waals surface area contributed by atoms with E-state index in [2.05, 4.69) is 12.2 Å². The van der Waals surface area contributed by atoms with Crippen molar-refractivity contribution in [2.75, 3.05) is 13.7 Å². The molecule has 0 aromatic heterocycles. The van der Waals surface area contributed by atoms with Crippen molar-refractivity contribution in [3.05, 3.63) is 34.4 Å². The molecule has 1 heterocycles. The molecule has 0 radical (unpaired) electrons. The van der Waals surface area contributed by atoms with Gasteiger partial charge in [-0.25, -0.2) is 4.79 Å². The average molecular weight is 242 g/mol. The van der Waals surface area contributed by atoms with Crippen LogP contribution in [0.5, 0.6) is 0 Å². The van der Waals surface area contributed by atoms with Crippen LogP contribution in [-0.4, -0.2) is 19.6 Å². The Kier molecular flexibility index (Phi) is 4.33. The number of aryl methyl sites for hydroxylation is 1. The molecule has 16 heavy (non-hydrogen) atoms. The average Bonchev–Trinajstić information content (AvgIpc) is 2.29. The minimum atomic E-state index is -0.229. The molecule has 0 saturated heterocycles. The molecule has 0 saturated carbocycles. The van der Waals surface area contributed by atoms with Gasteiger partial charge in [0.15, 0.2) is 0 Å². The number of hydrogen-bond acceptors (Lipinski definition) is 3. The Labute approximate surface area is 102 Å². The number of methoxy groups -OCH3 is 1. The standard InChI is InChI=1S/C12H15NO2.ClH/c1-8-3-4-10(12(14)15-2)9-5-6-13-7-11(8)9;/h3-4,13H,5-7H2,1-2H3;1H. The van der Waals surface area contributed by atoms with Crippen LogP contribution in [0.25, 0.3) is 0 Å². The summed E-state index contributed by atoms with van der Waals surface area (Å²) in [6, 6.07) is 3.85. The van der Waals surface area contributed by atoms with Gasteiger partial charge in [0.2, 0.25) is 0 Å². The zero-order valence-electron chi connectivity index (χ0n) is 9.50. The predicted octanol–water partition coefficient (Wildman–Crippen LogP) is 1.85. The number of halogens is 1. The lowest BCUT2D eigenvalue weighted by molar-refractivity contribution is 0.0599. The fourth-order valence-corrected chi connectivity index (χ4v) is 2.07. The van der Waals surface area contributed by atoms with Crippen LogP contribution in [-0.2, 0) is 17.7 Å². The predicted molar refractivity (Wildman–Crippen MR) is 65.2 cm³/mol. The molecule has 1 N–H and O–H groups in total. The molecule has 0 aliphatic carbocycles. The molecule has 0 fully saturated rings. The van der Waals surface area contributed by atoms with Crippen molar-refractivity contribution in [2.45, 2.75) is 19.9 Å². The summed E-state index contributed by atoms with van der Waals surface area (Å²) in [5, 5.41) is 3.31. The summed E-state index contributed by atoms with van der Waals surface area (Å²) in [7, 11) is 1.43. The van der Waals surface area contributed by atoms with Crippen molar-refractivity contribution >= 4 is 18.4 Å². The second-order valence-electron chi connectivity index (χ2n) is 3.81. The van der Waals surface area contributed by atoms with Gasteiger partial charge < -0.3 is 10.1 Å². The third-order valence-electron chi connectivity index (χ3n) is 2.92. The summed E-state index contributed by atoms with van der Waals surface area (Å²) < 4.78 is 4.78. The van der Waals surface area contributed by atoms with E-state index < -0.39 is 0 Å². The van der Waals surface area contributed by atoms with E-state index in [4.69, 9.17) is 4.74 Å². The first kappa shape index (κ1) is 13.0. The number of fused-ring (bicyclic) bond motifs is 1. The number of esters is 1. The smallest absolute Gasteiger partial charge is 0.338 e. The number of ether oxygens (including phenoxy) is 1. The molecule has 4 heteroatoms. The maximum atomic E-state index is 11.6. The van der Waals surface area contributed by atoms with Crippen molar-refractivity contribution in [1.29, 1.82) is 0 Å². The lowest BCUT2D eigenvalue weighted by Gasteiger charge is -2.21. The topological polar surface area (TPSA) is 38.3 Å². The van der Waals surface area contributed by atoms with Gasteiger partial charge in [0.25, 0.3) is 0 Å². The van der Waals surface area contributed by atoms with Crippen LogP contribution in [0.2, 0.25) is 0 Å². The highest BCUT2D eigenvalue weighted by Crippen LogP contribution is 2.22. The van der Waals surface area contributed by atoms with Crippen LogP contribution in [0, 0.1) is 6.92 Å². The molecule has 3 nitrogen and oxygen atoms in total. The van der Waals surface area contributed by atoms with E-state index in [0.717, 1.165) is 30.6 Å². The third-order valence-corrected chi connectivity index (χ3v) is 2.92. The summed E-state index contributed by atoms with van der Waals surface area (Å²) in [4.78, 5) is 11.6. The van der Waals surface area contributed by atoms with Gasteiger partial charge in [-0.3, -0.25) is 0 Å². The zero-order chi connectivity index (χ0) is 10.8. The van der Waals surface area contributed by atoms with Gasteiger partial charge in [0.1, 0.15) is 0 Å². The number of hydrogen-bond donors (Lipinski definition) is 1. The molecule has 0 unspecified atom stereocenters. The quantitative estimate of drug-likeness (QED) is 0.763. The van der Waals surface area contributed by atoms with Crippen molar-refractivity contribution in [1.82, 2.24) is 5.32 Å². The van der Waals surface area contributed by atoms with E-state index in [-0.39, 0.29) is 18.4 Å². The first-order valence-electron chi connectivity index (χ1n) is 5.14. The molecule has 1 aromatic carbocycles. The summed E-state index contributed by atoms with van der Waals surface area (Å²) in [6.45, 7) is 3.86. The molecule has 0 amide bonds. The van der Waals surface area contributed by atoms with Crippen molar-refractivity contribution < 1.29 is 9.53 Å². The molecule has 0 atom stereocenters. The largest absolute Gasteiger partial charge is 0.465 e. The lowest BCUT2D eigenvalue weighted by Crippen LogP contribution is -2.26. The number of carbonyl (C=O) groups is 1. The second kappa shape index (κ2) is 5.32. The monoisotopic (exact) mass is 241 g/mol. The van der Waals surface area contributed by atoms with Crippen LogP contribution in [0.3, 0.4) is 0 Å². The van der Waals surface area contributed by atoms with Crippen molar-refractivity contribution in [3.63, 3.8) is 0 Å². The summed E-state index contributed by atoms with van der Waals surface area (Å²) in [5.41, 5.74) is 4.37. The normalized spacial score (nSPS) is 13.6. The maximum Gasteiger partial charge on any atom is 0.338 e. The molecular weight excluding hydrogens is 226 g/mol. The number of rotatable bonds is 1. The second-order valence-corrected chi connectivity index (χ2v) is 3.81. The molecule has 1 aliphatic rings. The van der Waals surface area contributed by atoms with Gasteiger partial charge in [-0.15, -0.1) is 12.4 Å². The fraction of sp³-hybridized carbons (Fsp3) is 0.417. The van der Waals surface area contributed by atoms with E-state index in [1.165, 1.54) is 18.2 Å². The van der Waals surface area contributed by atoms with E-state index in [0.29, 0.717) is 0 Å². The van der Waals surface area contributed by atoms with Gasteiger partial charge in [0, 0.05) is 6.54 Å². The van der Waals surface area contributed by atoms with Gasteiger partial charge in [-0.05, 0) is 42.6 Å². The van der Waals surface area contributed by atoms with E-state index in [1.54, 1.807) is 0 Å². The van der Waals surface area contributed by atoms with Gasteiger partial charge in [-0.1, -0.05) is 6.07 Å². The van der Waals surface area contributed by atoms with Gasteiger partial charge in [0.05, 0.1) is 12.7 Å². The van der Waals surface area contributed by atoms with Crippen LogP contribution >= 0.6 is 12.4 Å². The minimum absolute atomic E-state index is 0. The van der Waals surface area contributed by atoms with Gasteiger partial charge in [-0.2, -0.15) is 0 Å². The number of carbonyl (C=O) groups excluding carboxylic acids is 1. The minimum Gasteiger partial charge on any atom is -0.465 e. The Hall–Kier alpha value is -1.06. The first-order chi connectivity index (χ1) is 7.24. The molecule has 0 spiro atoms. The molecule has 1 aliphatic heterocycles. The van der Waals surface area contributed by atoms with E-state index in [9.17, 15) is 4.79 Å². The van der Waals surface area contributed by atoms with Crippen LogP contribution in [0.4, 0.5) is 0 Å². The molecular formula is C12H16ClNO2. The summed E-state index contributed by atoms with van der Waals surface area (Å²) >= 11 is 0. The van der Waals surface area contributed by atoms with Crippen LogP contribution in [0.15, 0.2) is 12.1 Å². The fourth-order valence-electron chi connectivity index (χ4n) is 2.07. The Morgan fingerprint density at radius 3 is 2.81 bits per heavy atom. The lowest BCUT2D eigenvalue weighted by atomic mass is 9.92. The summed E-state index contributed by atoms with van der Waals surface area (Å²) in [6.07, 6.45) is 0.904. The Morgan fingerprint density at radius 1 is 1.38 bits per heavy atom. The van der Waals surface area contributed by atoms with E-state index >= 15 is 0 Å². The zero-order valence-corrected chi connectivity index (χ0v) is 10.3. The van der Waals surface area contributed by atoms with Gasteiger partial charge >= 0.3 is 5.97 Å². The maximum absolute atomic E-state index is 11.6. The molecule has 2 rings (SSSR count). The van der Waals surface area contributed by atoms with Crippen molar-refractivity contribution in [2.24, 2.45) is 0 Å². The summed E-state index contributed by atoms with van der Waals surface area (Å²) in [5.74, 6) is -0.229. The molecule has 1 aromatic rings. The highest BCUT2D eigenvalue weighted by molar-refractivity contribution is 5.91. The highest BCUT2D eigenvalue weighted by atomic mass is 35.5.